The highest BCUT2D eigenvalue weighted by Gasteiger charge is 2.28. The first kappa shape index (κ1) is 18.8. The van der Waals surface area contributed by atoms with Crippen LogP contribution in [0.2, 0.25) is 0 Å². The molecule has 1 atom stereocenters. The van der Waals surface area contributed by atoms with Crippen LogP contribution in [-0.2, 0) is 13.0 Å². The number of ether oxygens (including phenoxy) is 2. The Morgan fingerprint density at radius 2 is 2.11 bits per heavy atom. The van der Waals surface area contributed by atoms with Crippen LogP contribution in [0.15, 0.2) is 42.6 Å². The Morgan fingerprint density at radius 3 is 2.93 bits per heavy atom. The van der Waals surface area contributed by atoms with Crippen molar-refractivity contribution in [3.63, 3.8) is 0 Å². The van der Waals surface area contributed by atoms with Crippen LogP contribution in [-0.4, -0.2) is 36.4 Å². The molecule has 1 aromatic heterocycles. The zero-order valence-electron chi connectivity index (χ0n) is 14.3. The van der Waals surface area contributed by atoms with E-state index in [9.17, 15) is 18.0 Å². The molecule has 3 rings (SSSR count). The smallest absolute Gasteiger partial charge is 0.422 e. The second-order valence-electron chi connectivity index (χ2n) is 6.05. The zero-order chi connectivity index (χ0) is 19.3. The van der Waals surface area contributed by atoms with Crippen molar-refractivity contribution in [2.45, 2.75) is 25.2 Å². The number of rotatable bonds is 5. The van der Waals surface area contributed by atoms with E-state index < -0.39 is 18.8 Å². The molecule has 0 bridgehead atoms. The molecule has 1 unspecified atom stereocenters. The van der Waals surface area contributed by atoms with Crippen molar-refractivity contribution in [2.75, 3.05) is 13.2 Å². The Kier molecular flexibility index (Phi) is 5.68. The molecule has 9 heteroatoms. The molecule has 6 nitrogen and oxygen atoms in total. The lowest BCUT2D eigenvalue weighted by Crippen LogP contribution is -2.47. The number of aromatic nitrogens is 1. The lowest BCUT2D eigenvalue weighted by atomic mass is 10.0. The Balaban J connectivity index is 1.47. The van der Waals surface area contributed by atoms with Gasteiger partial charge in [0.1, 0.15) is 12.4 Å². The van der Waals surface area contributed by atoms with Crippen molar-refractivity contribution in [1.82, 2.24) is 15.6 Å². The lowest BCUT2D eigenvalue weighted by molar-refractivity contribution is -0.154. The molecule has 2 heterocycles. The third-order valence-corrected chi connectivity index (χ3v) is 3.85. The van der Waals surface area contributed by atoms with Gasteiger partial charge < -0.3 is 20.1 Å². The Bertz CT molecular complexity index is 799. The predicted octanol–water partition coefficient (Wildman–Crippen LogP) is 2.83. The minimum atomic E-state index is -4.43. The van der Waals surface area contributed by atoms with E-state index in [1.54, 1.807) is 6.07 Å². The average Bonchev–Trinajstić information content (AvgIpc) is 2.64. The minimum absolute atomic E-state index is 0.126. The highest BCUT2D eigenvalue weighted by atomic mass is 19.4. The molecule has 2 N–H and O–H groups in total. The summed E-state index contributed by atoms with van der Waals surface area (Å²) < 4.78 is 46.8. The number of fused-ring (bicyclic) bond motifs is 1. The van der Waals surface area contributed by atoms with E-state index in [0.29, 0.717) is 18.6 Å². The van der Waals surface area contributed by atoms with Gasteiger partial charge in [0, 0.05) is 18.8 Å². The molecule has 0 radical (unpaired) electrons. The maximum Gasteiger partial charge on any atom is 0.422 e. The van der Waals surface area contributed by atoms with Crippen LogP contribution in [0.25, 0.3) is 0 Å². The summed E-state index contributed by atoms with van der Waals surface area (Å²) >= 11 is 0. The van der Waals surface area contributed by atoms with Gasteiger partial charge in [-0.1, -0.05) is 18.2 Å². The van der Waals surface area contributed by atoms with Crippen molar-refractivity contribution < 1.29 is 27.4 Å². The molecule has 27 heavy (non-hydrogen) atoms. The summed E-state index contributed by atoms with van der Waals surface area (Å²) in [6.07, 6.45) is -2.45. The number of hydrogen-bond acceptors (Lipinski definition) is 4. The van der Waals surface area contributed by atoms with Crippen molar-refractivity contribution in [2.24, 2.45) is 0 Å². The summed E-state index contributed by atoms with van der Waals surface area (Å²) in [6, 6.07) is 10.0. The Labute approximate surface area is 153 Å². The number of pyridine rings is 1. The van der Waals surface area contributed by atoms with E-state index in [4.69, 9.17) is 4.74 Å². The van der Waals surface area contributed by atoms with Gasteiger partial charge in [0.05, 0.1) is 6.04 Å². The molecule has 0 aliphatic carbocycles. The summed E-state index contributed by atoms with van der Waals surface area (Å²) in [5.74, 6) is 0.670. The normalized spacial score (nSPS) is 16.0. The molecule has 0 saturated carbocycles. The number of nitrogens with one attached hydrogen (secondary N) is 2. The first-order valence-electron chi connectivity index (χ1n) is 8.28. The summed E-state index contributed by atoms with van der Waals surface area (Å²) in [5.41, 5.74) is 1.59. The monoisotopic (exact) mass is 381 g/mol. The van der Waals surface area contributed by atoms with Gasteiger partial charge in [-0.3, -0.25) is 0 Å². The number of halogens is 3. The molecule has 1 aromatic carbocycles. The third-order valence-electron chi connectivity index (χ3n) is 3.85. The molecule has 0 fully saturated rings. The number of nitrogens with zero attached hydrogens (tertiary/aromatic N) is 1. The second-order valence-corrected chi connectivity index (χ2v) is 6.05. The van der Waals surface area contributed by atoms with Crippen LogP contribution in [0.3, 0.4) is 0 Å². The molecule has 2 amide bonds. The molecule has 1 aliphatic heterocycles. The molecular weight excluding hydrogens is 363 g/mol. The first-order valence-corrected chi connectivity index (χ1v) is 8.28. The molecule has 144 valence electrons. The van der Waals surface area contributed by atoms with Crippen molar-refractivity contribution in [3.8, 4) is 11.6 Å². The average molecular weight is 381 g/mol. The van der Waals surface area contributed by atoms with Crippen molar-refractivity contribution in [3.05, 3.63) is 53.7 Å². The molecule has 0 spiro atoms. The summed E-state index contributed by atoms with van der Waals surface area (Å²) in [5, 5.41) is 5.48. The van der Waals surface area contributed by atoms with E-state index in [1.165, 1.54) is 12.3 Å². The van der Waals surface area contributed by atoms with Crippen LogP contribution in [0.5, 0.6) is 11.6 Å². The zero-order valence-corrected chi connectivity index (χ0v) is 14.3. The number of carbonyl (C=O) groups is 1. The topological polar surface area (TPSA) is 72.5 Å². The van der Waals surface area contributed by atoms with Gasteiger partial charge in [-0.15, -0.1) is 0 Å². The fourth-order valence-corrected chi connectivity index (χ4v) is 2.63. The first-order chi connectivity index (χ1) is 12.9. The summed E-state index contributed by atoms with van der Waals surface area (Å²) in [4.78, 5) is 15.8. The van der Waals surface area contributed by atoms with E-state index in [2.05, 4.69) is 20.4 Å². The lowest BCUT2D eigenvalue weighted by Gasteiger charge is -2.26. The standard InChI is InChI=1S/C18H18F3N3O3/c19-18(20,21)11-27-16-7-12(5-6-22-16)9-23-17(25)24-14-8-13-3-1-2-4-15(13)26-10-14/h1-7,14H,8-11H2,(H2,23,24,25). The Morgan fingerprint density at radius 1 is 1.30 bits per heavy atom. The van der Waals surface area contributed by atoms with Crippen LogP contribution in [0.4, 0.5) is 18.0 Å². The van der Waals surface area contributed by atoms with Gasteiger partial charge in [-0.2, -0.15) is 13.2 Å². The van der Waals surface area contributed by atoms with Gasteiger partial charge in [-0.25, -0.2) is 9.78 Å². The highest BCUT2D eigenvalue weighted by Crippen LogP contribution is 2.23. The van der Waals surface area contributed by atoms with Gasteiger partial charge in [0.25, 0.3) is 0 Å². The Hall–Kier alpha value is -2.97. The number of para-hydroxylation sites is 1. The predicted molar refractivity (Wildman–Crippen MR) is 90.6 cm³/mol. The van der Waals surface area contributed by atoms with Gasteiger partial charge in [0.15, 0.2) is 6.61 Å². The van der Waals surface area contributed by atoms with Crippen LogP contribution in [0, 0.1) is 0 Å². The van der Waals surface area contributed by atoms with E-state index in [1.807, 2.05) is 24.3 Å². The third kappa shape index (κ3) is 5.77. The van der Waals surface area contributed by atoms with Gasteiger partial charge in [0.2, 0.25) is 5.88 Å². The quantitative estimate of drug-likeness (QED) is 0.836. The number of hydrogen-bond donors (Lipinski definition) is 2. The van der Waals surface area contributed by atoms with Crippen LogP contribution in [0.1, 0.15) is 11.1 Å². The van der Waals surface area contributed by atoms with E-state index >= 15 is 0 Å². The summed E-state index contributed by atoms with van der Waals surface area (Å²) in [7, 11) is 0. The van der Waals surface area contributed by atoms with Crippen LogP contribution >= 0.6 is 0 Å². The van der Waals surface area contributed by atoms with Crippen LogP contribution < -0.4 is 20.1 Å². The van der Waals surface area contributed by atoms with E-state index in [-0.39, 0.29) is 18.5 Å². The minimum Gasteiger partial charge on any atom is -0.491 e. The largest absolute Gasteiger partial charge is 0.491 e. The molecule has 1 aliphatic rings. The number of amides is 2. The SMILES string of the molecule is O=C(NCc1ccnc(OCC(F)(F)F)c1)NC1COc2ccccc2C1. The van der Waals surface area contributed by atoms with Crippen molar-refractivity contribution >= 4 is 6.03 Å². The number of urea groups is 1. The molecule has 0 saturated heterocycles. The number of carbonyl (C=O) groups excluding carboxylic acids is 1. The number of alkyl halides is 3. The number of benzene rings is 1. The van der Waals surface area contributed by atoms with Gasteiger partial charge >= 0.3 is 12.2 Å². The highest BCUT2D eigenvalue weighted by molar-refractivity contribution is 5.74. The fourth-order valence-electron chi connectivity index (χ4n) is 2.63. The molecular formula is C18H18F3N3O3. The van der Waals surface area contributed by atoms with Crippen molar-refractivity contribution in [1.29, 1.82) is 0 Å². The van der Waals surface area contributed by atoms with Gasteiger partial charge in [-0.05, 0) is 29.7 Å². The second kappa shape index (κ2) is 8.15. The maximum absolute atomic E-state index is 12.2. The molecule has 2 aromatic rings. The van der Waals surface area contributed by atoms with E-state index in [0.717, 1.165) is 11.3 Å². The fraction of sp³-hybridized carbons (Fsp3) is 0.333. The maximum atomic E-state index is 12.2. The summed E-state index contributed by atoms with van der Waals surface area (Å²) in [6.45, 7) is -0.920.